The zero-order valence-corrected chi connectivity index (χ0v) is 11.7. The van der Waals surface area contributed by atoms with Gasteiger partial charge in [0.05, 0.1) is 13.0 Å². The van der Waals surface area contributed by atoms with Gasteiger partial charge in [0.1, 0.15) is 4.99 Å². The van der Waals surface area contributed by atoms with Gasteiger partial charge in [0.25, 0.3) is 0 Å². The first-order valence-electron chi connectivity index (χ1n) is 6.42. The van der Waals surface area contributed by atoms with Crippen LogP contribution in [0.25, 0.3) is 0 Å². The van der Waals surface area contributed by atoms with Crippen LogP contribution in [0, 0.1) is 0 Å². The molecule has 0 radical (unpaired) electrons. The van der Waals surface area contributed by atoms with Gasteiger partial charge in [-0.1, -0.05) is 54.7 Å². The van der Waals surface area contributed by atoms with E-state index in [1.54, 1.807) is 0 Å². The maximum Gasteiger partial charge on any atom is 0.231 e. The van der Waals surface area contributed by atoms with Crippen molar-refractivity contribution in [2.24, 2.45) is 5.73 Å². The van der Waals surface area contributed by atoms with Crippen LogP contribution in [0.2, 0.25) is 0 Å². The Morgan fingerprint density at radius 3 is 2.55 bits per heavy atom. The molecule has 0 saturated heterocycles. The Morgan fingerprint density at radius 2 is 1.85 bits per heavy atom. The molecule has 0 fully saturated rings. The highest BCUT2D eigenvalue weighted by atomic mass is 32.1. The van der Waals surface area contributed by atoms with Gasteiger partial charge < -0.3 is 10.6 Å². The molecule has 0 saturated carbocycles. The summed E-state index contributed by atoms with van der Waals surface area (Å²) in [5.74, 6) is 0.143. The summed E-state index contributed by atoms with van der Waals surface area (Å²) in [5.41, 5.74) is 9.59. The maximum absolute atomic E-state index is 12.1. The lowest BCUT2D eigenvalue weighted by Gasteiger charge is -2.17. The summed E-state index contributed by atoms with van der Waals surface area (Å²) < 4.78 is 0. The number of para-hydroxylation sites is 1. The molecule has 0 bridgehead atoms. The van der Waals surface area contributed by atoms with Crippen molar-refractivity contribution in [3.63, 3.8) is 0 Å². The molecule has 2 aromatic carbocycles. The quantitative estimate of drug-likeness (QED) is 0.879. The summed E-state index contributed by atoms with van der Waals surface area (Å²) in [4.78, 5) is 14.3. The molecule has 100 valence electrons. The molecule has 4 heteroatoms. The van der Waals surface area contributed by atoms with Crippen molar-refractivity contribution in [3.05, 3.63) is 65.2 Å². The molecule has 0 aliphatic carbocycles. The highest BCUT2D eigenvalue weighted by molar-refractivity contribution is 7.80. The molecular weight excluding hydrogens is 268 g/mol. The van der Waals surface area contributed by atoms with Crippen molar-refractivity contribution < 1.29 is 4.79 Å². The van der Waals surface area contributed by atoms with E-state index in [1.165, 1.54) is 0 Å². The minimum Gasteiger partial charge on any atom is -0.389 e. The maximum atomic E-state index is 12.1. The third-order valence-corrected chi connectivity index (χ3v) is 3.74. The van der Waals surface area contributed by atoms with E-state index in [9.17, 15) is 4.79 Å². The van der Waals surface area contributed by atoms with Crippen molar-refractivity contribution in [3.8, 4) is 0 Å². The van der Waals surface area contributed by atoms with Crippen LogP contribution < -0.4 is 10.6 Å². The largest absolute Gasteiger partial charge is 0.389 e. The molecule has 0 atom stereocenters. The number of carbonyl (C=O) groups is 1. The Hall–Kier alpha value is -2.20. The first-order valence-corrected chi connectivity index (χ1v) is 6.83. The van der Waals surface area contributed by atoms with E-state index >= 15 is 0 Å². The molecule has 20 heavy (non-hydrogen) atoms. The number of amides is 1. The van der Waals surface area contributed by atoms with Crippen LogP contribution in [-0.4, -0.2) is 10.9 Å². The summed E-state index contributed by atoms with van der Waals surface area (Å²) in [6.45, 7) is 0.577. The number of anilines is 1. The number of hydrogen-bond acceptors (Lipinski definition) is 2. The van der Waals surface area contributed by atoms with Crippen LogP contribution in [0.1, 0.15) is 16.7 Å². The van der Waals surface area contributed by atoms with Crippen molar-refractivity contribution in [1.29, 1.82) is 0 Å². The Labute approximate surface area is 123 Å². The molecule has 0 spiro atoms. The summed E-state index contributed by atoms with van der Waals surface area (Å²) >= 11 is 4.93. The molecule has 3 rings (SSSR count). The zero-order chi connectivity index (χ0) is 14.1. The van der Waals surface area contributed by atoms with E-state index in [2.05, 4.69) is 0 Å². The summed E-state index contributed by atoms with van der Waals surface area (Å²) in [6, 6.07) is 15.6. The number of carbonyl (C=O) groups excluding carboxylic acids is 1. The van der Waals surface area contributed by atoms with Crippen LogP contribution >= 0.6 is 12.2 Å². The smallest absolute Gasteiger partial charge is 0.231 e. The van der Waals surface area contributed by atoms with Gasteiger partial charge >= 0.3 is 0 Å². The number of nitrogens with zero attached hydrogens (tertiary/aromatic N) is 1. The first kappa shape index (κ1) is 12.8. The molecular formula is C16H14N2OS. The molecule has 2 aromatic rings. The lowest BCUT2D eigenvalue weighted by atomic mass is 10.1. The normalized spacial score (nSPS) is 13.4. The fraction of sp³-hybridized carbons (Fsp3) is 0.125. The van der Waals surface area contributed by atoms with Gasteiger partial charge in [-0.25, -0.2) is 0 Å². The second-order valence-electron chi connectivity index (χ2n) is 4.85. The first-order chi connectivity index (χ1) is 9.65. The minimum absolute atomic E-state index is 0.143. The van der Waals surface area contributed by atoms with E-state index in [-0.39, 0.29) is 5.91 Å². The molecule has 1 aliphatic heterocycles. The number of hydrogen-bond donors (Lipinski definition) is 1. The fourth-order valence-electron chi connectivity index (χ4n) is 2.45. The molecule has 0 aromatic heterocycles. The number of fused-ring (bicyclic) bond motifs is 1. The van der Waals surface area contributed by atoms with Gasteiger partial charge in [-0.3, -0.25) is 4.79 Å². The van der Waals surface area contributed by atoms with Crippen molar-refractivity contribution in [2.75, 3.05) is 4.90 Å². The average Bonchev–Trinajstić information content (AvgIpc) is 2.76. The molecule has 1 amide bonds. The molecule has 2 N–H and O–H groups in total. The third-order valence-electron chi connectivity index (χ3n) is 3.50. The predicted molar refractivity (Wildman–Crippen MR) is 83.7 cm³/mol. The number of thiocarbonyl (C=S) groups is 1. The second-order valence-corrected chi connectivity index (χ2v) is 5.29. The van der Waals surface area contributed by atoms with Crippen LogP contribution in [0.4, 0.5) is 5.69 Å². The highest BCUT2D eigenvalue weighted by Crippen LogP contribution is 2.29. The lowest BCUT2D eigenvalue weighted by Crippen LogP contribution is -2.26. The monoisotopic (exact) mass is 282 g/mol. The molecule has 1 heterocycles. The van der Waals surface area contributed by atoms with Crippen LogP contribution in [0.5, 0.6) is 0 Å². The standard InChI is InChI=1S/C16H14N2OS/c17-16(20)12-7-5-11(6-8-12)10-18-14-4-2-1-3-13(14)9-15(18)19/h1-8H,9-10H2,(H2,17,20). The van der Waals surface area contributed by atoms with Gasteiger partial charge in [-0.05, 0) is 17.2 Å². The van der Waals surface area contributed by atoms with E-state index in [4.69, 9.17) is 18.0 Å². The van der Waals surface area contributed by atoms with Gasteiger partial charge in [0.15, 0.2) is 0 Å². The summed E-state index contributed by atoms with van der Waals surface area (Å²) in [5, 5.41) is 0. The van der Waals surface area contributed by atoms with Crippen molar-refractivity contribution in [1.82, 2.24) is 0 Å². The fourth-order valence-corrected chi connectivity index (χ4v) is 2.58. The molecule has 0 unspecified atom stereocenters. The Bertz CT molecular complexity index is 679. The third kappa shape index (κ3) is 2.30. The highest BCUT2D eigenvalue weighted by Gasteiger charge is 2.26. The number of nitrogens with two attached hydrogens (primary N) is 1. The second kappa shape index (κ2) is 5.06. The predicted octanol–water partition coefficient (Wildman–Crippen LogP) is 2.41. The average molecular weight is 282 g/mol. The minimum atomic E-state index is 0.143. The van der Waals surface area contributed by atoms with Crippen molar-refractivity contribution in [2.45, 2.75) is 13.0 Å². The summed E-state index contributed by atoms with van der Waals surface area (Å²) in [7, 11) is 0. The van der Waals surface area contributed by atoms with E-state index in [0.717, 1.165) is 22.4 Å². The Balaban J connectivity index is 1.84. The topological polar surface area (TPSA) is 46.3 Å². The number of benzene rings is 2. The van der Waals surface area contributed by atoms with E-state index in [1.807, 2.05) is 53.4 Å². The van der Waals surface area contributed by atoms with E-state index < -0.39 is 0 Å². The van der Waals surface area contributed by atoms with Gasteiger partial charge in [0, 0.05) is 11.3 Å². The van der Waals surface area contributed by atoms with Gasteiger partial charge in [0.2, 0.25) is 5.91 Å². The number of rotatable bonds is 3. The van der Waals surface area contributed by atoms with Crippen LogP contribution in [0.3, 0.4) is 0 Å². The van der Waals surface area contributed by atoms with E-state index in [0.29, 0.717) is 18.0 Å². The molecule has 3 nitrogen and oxygen atoms in total. The van der Waals surface area contributed by atoms with Crippen LogP contribution in [-0.2, 0) is 17.8 Å². The zero-order valence-electron chi connectivity index (χ0n) is 10.9. The van der Waals surface area contributed by atoms with Gasteiger partial charge in [-0.15, -0.1) is 0 Å². The SMILES string of the molecule is NC(=S)c1ccc(CN2C(=O)Cc3ccccc32)cc1. The molecule has 1 aliphatic rings. The lowest BCUT2D eigenvalue weighted by molar-refractivity contribution is -0.117. The van der Waals surface area contributed by atoms with Gasteiger partial charge in [-0.2, -0.15) is 0 Å². The Morgan fingerprint density at radius 1 is 1.15 bits per heavy atom. The summed E-state index contributed by atoms with van der Waals surface area (Å²) in [6.07, 6.45) is 0.487. The Kier molecular flexibility index (Phi) is 3.24. The van der Waals surface area contributed by atoms with Crippen LogP contribution in [0.15, 0.2) is 48.5 Å². The van der Waals surface area contributed by atoms with Crippen molar-refractivity contribution >= 4 is 28.8 Å².